The van der Waals surface area contributed by atoms with Gasteiger partial charge in [0.2, 0.25) is 0 Å². The van der Waals surface area contributed by atoms with Gasteiger partial charge in [-0.15, -0.1) is 11.3 Å². The van der Waals surface area contributed by atoms with Crippen molar-refractivity contribution in [2.45, 2.75) is 33.4 Å². The average molecular weight is 502 g/mol. The summed E-state index contributed by atoms with van der Waals surface area (Å²) in [5, 5.41) is 0. The van der Waals surface area contributed by atoms with Crippen molar-refractivity contribution in [1.82, 2.24) is 19.4 Å². The molecule has 5 rings (SSSR count). The molecule has 0 aliphatic carbocycles. The molecule has 1 aliphatic heterocycles. The monoisotopic (exact) mass is 502 g/mol. The van der Waals surface area contributed by atoms with Gasteiger partial charge in [-0.25, -0.2) is 14.4 Å². The topological polar surface area (TPSA) is 60.2 Å². The van der Waals surface area contributed by atoms with Crippen LogP contribution in [0.5, 0.6) is 5.88 Å². The van der Waals surface area contributed by atoms with E-state index in [4.69, 9.17) is 9.72 Å². The lowest BCUT2D eigenvalue weighted by Crippen LogP contribution is -2.29. The Morgan fingerprint density at radius 2 is 2.06 bits per heavy atom. The smallest absolute Gasteiger partial charge is 0.251 e. The zero-order valence-corrected chi connectivity index (χ0v) is 21.8. The van der Waals surface area contributed by atoms with Gasteiger partial charge in [0.1, 0.15) is 30.6 Å². The molecule has 0 bridgehead atoms. The highest BCUT2D eigenvalue weighted by Gasteiger charge is 2.20. The van der Waals surface area contributed by atoms with E-state index in [-0.39, 0.29) is 18.3 Å². The number of ether oxygens (including phenoxy) is 1. The van der Waals surface area contributed by atoms with E-state index in [1.807, 2.05) is 40.0 Å². The molecule has 3 aromatic heterocycles. The molecule has 6 nitrogen and oxygen atoms in total. The summed E-state index contributed by atoms with van der Waals surface area (Å²) >= 11 is 1.49. The molecular weight excluding hydrogens is 474 g/mol. The molecule has 184 valence electrons. The molecule has 0 amide bonds. The van der Waals surface area contributed by atoms with Crippen LogP contribution in [0.25, 0.3) is 15.9 Å². The number of Topliss-reactive ketones (excluding diaryl/α,β-unsaturated/α-hetero) is 1. The largest absolute Gasteiger partial charge is 0.471 e. The quantitative estimate of drug-likeness (QED) is 0.284. The van der Waals surface area contributed by atoms with Gasteiger partial charge in [-0.3, -0.25) is 9.69 Å². The second-order valence-corrected chi connectivity index (χ2v) is 10.4. The molecule has 0 fully saturated rings. The summed E-state index contributed by atoms with van der Waals surface area (Å²) in [6, 6.07) is 11.2. The minimum atomic E-state index is -0.454. The molecule has 36 heavy (non-hydrogen) atoms. The highest BCUT2D eigenvalue weighted by molar-refractivity contribution is 7.20. The summed E-state index contributed by atoms with van der Waals surface area (Å²) in [6.45, 7) is 6.24. The third-order valence-electron chi connectivity index (χ3n) is 6.65. The Bertz CT molecular complexity index is 1490. The molecular formula is C27H28BFN4O2S. The fraction of sp³-hybridized carbons (Fsp3) is 0.296. The van der Waals surface area contributed by atoms with Gasteiger partial charge in [0, 0.05) is 20.1 Å². The number of hydrogen-bond donors (Lipinski definition) is 0. The van der Waals surface area contributed by atoms with Crippen molar-refractivity contribution < 1.29 is 13.9 Å². The number of carbonyl (C=O) groups is 1. The first-order chi connectivity index (χ1) is 17.3. The van der Waals surface area contributed by atoms with Crippen LogP contribution in [0.3, 0.4) is 0 Å². The van der Waals surface area contributed by atoms with Crippen molar-refractivity contribution in [2.75, 3.05) is 13.1 Å². The predicted octanol–water partition coefficient (Wildman–Crippen LogP) is 3.81. The van der Waals surface area contributed by atoms with Crippen LogP contribution in [-0.2, 0) is 20.2 Å². The molecule has 0 radical (unpaired) electrons. The van der Waals surface area contributed by atoms with E-state index in [9.17, 15) is 9.18 Å². The van der Waals surface area contributed by atoms with Crippen molar-refractivity contribution in [3.8, 4) is 5.88 Å². The van der Waals surface area contributed by atoms with Gasteiger partial charge in [-0.05, 0) is 49.6 Å². The van der Waals surface area contributed by atoms with Crippen molar-refractivity contribution >= 4 is 46.3 Å². The molecule has 0 atom stereocenters. The maximum atomic E-state index is 14.4. The summed E-state index contributed by atoms with van der Waals surface area (Å²) < 4.78 is 22.3. The normalized spacial score (nSPS) is 14.3. The molecule has 1 aromatic carbocycles. The minimum Gasteiger partial charge on any atom is -0.471 e. The van der Waals surface area contributed by atoms with Crippen LogP contribution >= 0.6 is 11.3 Å². The van der Waals surface area contributed by atoms with E-state index in [2.05, 4.69) is 26.6 Å². The van der Waals surface area contributed by atoms with E-state index in [1.165, 1.54) is 23.0 Å². The van der Waals surface area contributed by atoms with Crippen LogP contribution in [0.1, 0.15) is 45.7 Å². The number of fused-ring (bicyclic) bond motifs is 1. The summed E-state index contributed by atoms with van der Waals surface area (Å²) in [6.07, 6.45) is 2.96. The number of aryl methyl sites for hydroxylation is 2. The molecule has 0 spiro atoms. The Morgan fingerprint density at radius 3 is 2.75 bits per heavy atom. The van der Waals surface area contributed by atoms with E-state index in [1.54, 1.807) is 13.0 Å². The van der Waals surface area contributed by atoms with Crippen molar-refractivity contribution in [1.29, 1.82) is 0 Å². The number of aromatic nitrogens is 3. The number of benzene rings is 1. The van der Waals surface area contributed by atoms with Crippen LogP contribution in [0.15, 0.2) is 42.5 Å². The average Bonchev–Trinajstić information content (AvgIpc) is 3.40. The number of imidazole rings is 1. The third-order valence-corrected chi connectivity index (χ3v) is 7.95. The minimum absolute atomic E-state index is 0.0359. The van der Waals surface area contributed by atoms with Crippen molar-refractivity contribution in [3.63, 3.8) is 0 Å². The van der Waals surface area contributed by atoms with Crippen LogP contribution in [-0.4, -0.2) is 46.2 Å². The lowest BCUT2D eigenvalue weighted by atomic mass is 9.89. The Morgan fingerprint density at radius 1 is 1.22 bits per heavy atom. The second-order valence-electron chi connectivity index (χ2n) is 9.36. The molecule has 0 saturated carbocycles. The molecule has 9 heteroatoms. The van der Waals surface area contributed by atoms with Crippen LogP contribution < -0.4 is 10.2 Å². The Labute approximate surface area is 214 Å². The van der Waals surface area contributed by atoms with Gasteiger partial charge in [-0.2, -0.15) is 0 Å². The summed E-state index contributed by atoms with van der Waals surface area (Å²) in [4.78, 5) is 25.0. The number of thiophene rings is 1. The van der Waals surface area contributed by atoms with E-state index < -0.39 is 5.82 Å². The Kier molecular flexibility index (Phi) is 6.77. The van der Waals surface area contributed by atoms with E-state index in [0.717, 1.165) is 69.4 Å². The number of carbonyl (C=O) groups excluding carboxylic acids is 1. The van der Waals surface area contributed by atoms with Gasteiger partial charge in [0.15, 0.2) is 11.6 Å². The first-order valence-electron chi connectivity index (χ1n) is 12.0. The number of halogens is 1. The lowest BCUT2D eigenvalue weighted by molar-refractivity contribution is 0.102. The number of pyridine rings is 1. The van der Waals surface area contributed by atoms with Gasteiger partial charge in [0.25, 0.3) is 5.88 Å². The zero-order chi connectivity index (χ0) is 25.4. The Hall–Kier alpha value is -3.30. The fourth-order valence-corrected chi connectivity index (χ4v) is 5.46. The maximum Gasteiger partial charge on any atom is 0.251 e. The molecule has 1 aliphatic rings. The predicted molar refractivity (Wildman–Crippen MR) is 144 cm³/mol. The van der Waals surface area contributed by atoms with Crippen LogP contribution in [0.4, 0.5) is 4.39 Å². The maximum absolute atomic E-state index is 14.4. The van der Waals surface area contributed by atoms with Crippen LogP contribution in [0, 0.1) is 12.7 Å². The Balaban J connectivity index is 1.25. The molecule has 0 unspecified atom stereocenters. The second kappa shape index (κ2) is 9.99. The van der Waals surface area contributed by atoms with Gasteiger partial charge >= 0.3 is 0 Å². The summed E-state index contributed by atoms with van der Waals surface area (Å²) in [5.74, 6) is 0.629. The summed E-state index contributed by atoms with van der Waals surface area (Å²) in [7, 11) is 4.03. The third kappa shape index (κ3) is 4.99. The molecule has 4 aromatic rings. The first kappa shape index (κ1) is 24.4. The molecule has 4 heterocycles. The highest BCUT2D eigenvalue weighted by Crippen LogP contribution is 2.28. The van der Waals surface area contributed by atoms with E-state index >= 15 is 0 Å². The lowest BCUT2D eigenvalue weighted by Gasteiger charge is -2.26. The first-order valence-corrected chi connectivity index (χ1v) is 12.8. The molecule has 0 saturated heterocycles. The van der Waals surface area contributed by atoms with Crippen LogP contribution in [0.2, 0.25) is 0 Å². The highest BCUT2D eigenvalue weighted by atomic mass is 32.1. The summed E-state index contributed by atoms with van der Waals surface area (Å²) in [5.41, 5.74) is 6.04. The van der Waals surface area contributed by atoms with E-state index in [0.29, 0.717) is 0 Å². The number of hydrogen-bond acceptors (Lipinski definition) is 6. The number of ketones is 1. The van der Waals surface area contributed by atoms with Crippen molar-refractivity contribution in [2.24, 2.45) is 7.05 Å². The molecule has 0 N–H and O–H groups in total. The SMILES string of the molecule is Bc1cc(C)ccc1COc1nc(C2=CCN(Cc3nc4cc(C(C)=O)sc4n3C)CC2)ccc1F. The standard InChI is InChI=1S/C27H28BFN4O2S/c1-16-4-5-19(20(28)12-16)15-35-26-21(29)6-7-22(31-26)18-8-10-33(11-9-18)14-25-30-23-13-24(17(2)34)36-27(23)32(25)3/h4-8,12-13H,9-11,14-15,28H2,1-3H3. The zero-order valence-electron chi connectivity index (χ0n) is 21.0. The fourth-order valence-electron chi connectivity index (χ4n) is 4.48. The number of rotatable bonds is 7. The van der Waals surface area contributed by atoms with Crippen molar-refractivity contribution in [3.05, 3.63) is 75.8 Å². The van der Waals surface area contributed by atoms with Gasteiger partial charge in [0.05, 0.1) is 17.1 Å². The van der Waals surface area contributed by atoms with Gasteiger partial charge < -0.3 is 9.30 Å². The van der Waals surface area contributed by atoms with Gasteiger partial charge in [-0.1, -0.05) is 35.3 Å². The number of nitrogens with zero attached hydrogens (tertiary/aromatic N) is 4.